The molecule has 2 unspecified atom stereocenters. The van der Waals surface area contributed by atoms with Crippen LogP contribution in [0.15, 0.2) is 24.3 Å². The summed E-state index contributed by atoms with van der Waals surface area (Å²) in [6.07, 6.45) is 24.3. The monoisotopic (exact) mass is 634 g/mol. The Kier molecular flexibility index (Phi) is 25.8. The van der Waals surface area contributed by atoms with Gasteiger partial charge in [-0.1, -0.05) is 82.3 Å². The summed E-state index contributed by atoms with van der Waals surface area (Å²) in [6, 6.07) is 0. The number of allylic oxidation sites excluding steroid dienone is 4. The van der Waals surface area contributed by atoms with Crippen LogP contribution in [-0.2, 0) is 14.2 Å². The molecule has 5 heteroatoms. The van der Waals surface area contributed by atoms with Crippen LogP contribution >= 0.6 is 45.2 Å². The molecule has 2 atom stereocenters. The third-order valence-electron chi connectivity index (χ3n) is 4.69. The number of hydrogen-bond donors (Lipinski definition) is 0. The lowest BCUT2D eigenvalue weighted by Gasteiger charge is -2.14. The zero-order chi connectivity index (χ0) is 21.4. The SMILES string of the molecule is CC(CCC=CCCCCCI)OCOCOC(C)CCC=CCCCCCI. The Hall–Kier alpha value is 0.820. The fourth-order valence-corrected chi connectivity index (χ4v) is 3.81. The van der Waals surface area contributed by atoms with Gasteiger partial charge in [-0.2, -0.15) is 0 Å². The number of halogens is 2. The van der Waals surface area contributed by atoms with E-state index >= 15 is 0 Å². The fourth-order valence-electron chi connectivity index (χ4n) is 2.73. The number of alkyl halides is 2. The Bertz CT molecular complexity index is 341. The molecular formula is C24H44I2O3. The molecule has 0 aromatic heterocycles. The van der Waals surface area contributed by atoms with Crippen LogP contribution in [0.3, 0.4) is 0 Å². The predicted molar refractivity (Wildman–Crippen MR) is 143 cm³/mol. The average molecular weight is 634 g/mol. The number of rotatable bonds is 22. The summed E-state index contributed by atoms with van der Waals surface area (Å²) in [5.41, 5.74) is 0. The molecule has 0 aromatic carbocycles. The molecule has 0 saturated carbocycles. The largest absolute Gasteiger partial charge is 0.352 e. The standard InChI is InChI=1S/C24H44I2O3/c1-23(17-13-9-5-3-7-11-15-19-25)28-21-27-22-29-24(2)18-14-10-6-4-8-12-16-20-26/h5-6,9-10,23-24H,3-4,7-8,11-22H2,1-2H3. The van der Waals surface area contributed by atoms with E-state index in [2.05, 4.69) is 83.3 Å². The predicted octanol–water partition coefficient (Wildman–Crippen LogP) is 8.39. The maximum Gasteiger partial charge on any atom is 0.149 e. The Morgan fingerprint density at radius 1 is 0.586 bits per heavy atom. The molecule has 0 aliphatic heterocycles. The lowest BCUT2D eigenvalue weighted by Crippen LogP contribution is -2.15. The summed E-state index contributed by atoms with van der Waals surface area (Å²) in [5, 5.41) is 0. The summed E-state index contributed by atoms with van der Waals surface area (Å²) in [6.45, 7) is 4.83. The second kappa shape index (κ2) is 25.1. The van der Waals surface area contributed by atoms with E-state index in [1.54, 1.807) is 0 Å². The fraction of sp³-hybridized carbons (Fsp3) is 0.833. The summed E-state index contributed by atoms with van der Waals surface area (Å²) in [7, 11) is 0. The van der Waals surface area contributed by atoms with E-state index in [0.29, 0.717) is 13.6 Å². The molecule has 0 rings (SSSR count). The third kappa shape index (κ3) is 25.0. The van der Waals surface area contributed by atoms with Gasteiger partial charge in [-0.25, -0.2) is 0 Å². The summed E-state index contributed by atoms with van der Waals surface area (Å²) in [4.78, 5) is 0. The molecule has 0 aliphatic rings. The first-order valence-electron chi connectivity index (χ1n) is 11.4. The lowest BCUT2D eigenvalue weighted by atomic mass is 10.1. The first-order valence-corrected chi connectivity index (χ1v) is 14.5. The maximum absolute atomic E-state index is 5.69. The van der Waals surface area contributed by atoms with E-state index in [1.165, 1.54) is 60.2 Å². The van der Waals surface area contributed by atoms with Crippen molar-refractivity contribution < 1.29 is 14.2 Å². The van der Waals surface area contributed by atoms with Crippen LogP contribution in [0.4, 0.5) is 0 Å². The topological polar surface area (TPSA) is 27.7 Å². The smallest absolute Gasteiger partial charge is 0.149 e. The van der Waals surface area contributed by atoms with Crippen molar-refractivity contribution in [3.05, 3.63) is 24.3 Å². The van der Waals surface area contributed by atoms with Crippen molar-refractivity contribution in [2.75, 3.05) is 22.4 Å². The second-order valence-corrected chi connectivity index (χ2v) is 9.73. The maximum atomic E-state index is 5.69. The molecule has 29 heavy (non-hydrogen) atoms. The van der Waals surface area contributed by atoms with Gasteiger partial charge in [0.15, 0.2) is 0 Å². The zero-order valence-electron chi connectivity index (χ0n) is 18.8. The van der Waals surface area contributed by atoms with Crippen molar-refractivity contribution in [3.63, 3.8) is 0 Å². The van der Waals surface area contributed by atoms with Crippen molar-refractivity contribution in [1.82, 2.24) is 0 Å². The number of unbranched alkanes of at least 4 members (excludes halogenated alkanes) is 6. The highest BCUT2D eigenvalue weighted by Gasteiger charge is 2.03. The van der Waals surface area contributed by atoms with E-state index in [0.717, 1.165) is 25.7 Å². The normalized spacial score (nSPS) is 14.2. The number of hydrogen-bond acceptors (Lipinski definition) is 3. The second-order valence-electron chi connectivity index (χ2n) is 7.57. The van der Waals surface area contributed by atoms with E-state index < -0.39 is 0 Å². The molecule has 0 amide bonds. The molecule has 0 N–H and O–H groups in total. The van der Waals surface area contributed by atoms with E-state index in [4.69, 9.17) is 14.2 Å². The van der Waals surface area contributed by atoms with Crippen LogP contribution in [0.5, 0.6) is 0 Å². The summed E-state index contributed by atoms with van der Waals surface area (Å²) < 4.78 is 19.4. The molecule has 0 aromatic rings. The molecular weight excluding hydrogens is 590 g/mol. The van der Waals surface area contributed by atoms with Gasteiger partial charge in [0.2, 0.25) is 0 Å². The van der Waals surface area contributed by atoms with Crippen molar-refractivity contribution in [2.24, 2.45) is 0 Å². The quantitative estimate of drug-likeness (QED) is 0.0394. The van der Waals surface area contributed by atoms with Gasteiger partial charge in [0.05, 0.1) is 12.2 Å². The molecule has 0 bridgehead atoms. The number of ether oxygens (including phenoxy) is 3. The van der Waals surface area contributed by atoms with Gasteiger partial charge in [-0.3, -0.25) is 0 Å². The highest BCUT2D eigenvalue weighted by molar-refractivity contribution is 14.1. The Morgan fingerprint density at radius 2 is 1.00 bits per heavy atom. The average Bonchev–Trinajstić information content (AvgIpc) is 2.71. The van der Waals surface area contributed by atoms with E-state index in [-0.39, 0.29) is 12.2 Å². The first kappa shape index (κ1) is 29.8. The van der Waals surface area contributed by atoms with Crippen molar-refractivity contribution in [3.8, 4) is 0 Å². The van der Waals surface area contributed by atoms with Crippen LogP contribution in [0, 0.1) is 0 Å². The van der Waals surface area contributed by atoms with E-state index in [9.17, 15) is 0 Å². The zero-order valence-corrected chi connectivity index (χ0v) is 23.1. The molecule has 0 radical (unpaired) electrons. The van der Waals surface area contributed by atoms with Gasteiger partial charge in [0.25, 0.3) is 0 Å². The van der Waals surface area contributed by atoms with Crippen LogP contribution in [0.1, 0.15) is 90.9 Å². The summed E-state index contributed by atoms with van der Waals surface area (Å²) >= 11 is 4.89. The minimum atomic E-state index is 0.220. The van der Waals surface area contributed by atoms with Crippen LogP contribution < -0.4 is 0 Å². The first-order chi connectivity index (χ1) is 14.2. The van der Waals surface area contributed by atoms with Gasteiger partial charge in [0.1, 0.15) is 13.6 Å². The van der Waals surface area contributed by atoms with Gasteiger partial charge in [0, 0.05) is 0 Å². The van der Waals surface area contributed by atoms with Gasteiger partial charge < -0.3 is 14.2 Å². The molecule has 172 valence electrons. The Balaban J connectivity index is 3.40. The highest BCUT2D eigenvalue weighted by Crippen LogP contribution is 2.08. The van der Waals surface area contributed by atoms with Gasteiger partial charge in [-0.05, 0) is 86.9 Å². The van der Waals surface area contributed by atoms with Crippen molar-refractivity contribution in [1.29, 1.82) is 0 Å². The van der Waals surface area contributed by atoms with Crippen molar-refractivity contribution in [2.45, 2.75) is 103 Å². The minimum absolute atomic E-state index is 0.220. The Morgan fingerprint density at radius 3 is 1.41 bits per heavy atom. The van der Waals surface area contributed by atoms with Gasteiger partial charge in [-0.15, -0.1) is 0 Å². The van der Waals surface area contributed by atoms with E-state index in [1.807, 2.05) is 0 Å². The van der Waals surface area contributed by atoms with Crippen LogP contribution in [0.25, 0.3) is 0 Å². The lowest BCUT2D eigenvalue weighted by molar-refractivity contribution is -0.160. The molecule has 0 aliphatic carbocycles. The Labute approximate surface area is 208 Å². The molecule has 0 saturated heterocycles. The van der Waals surface area contributed by atoms with Crippen molar-refractivity contribution >= 4 is 45.2 Å². The molecule has 0 fully saturated rings. The molecule has 0 heterocycles. The highest BCUT2D eigenvalue weighted by atomic mass is 127. The summed E-state index contributed by atoms with van der Waals surface area (Å²) in [5.74, 6) is 0. The molecule has 3 nitrogen and oxygen atoms in total. The van der Waals surface area contributed by atoms with Crippen LogP contribution in [0.2, 0.25) is 0 Å². The van der Waals surface area contributed by atoms with Gasteiger partial charge >= 0.3 is 0 Å². The molecule has 0 spiro atoms. The minimum Gasteiger partial charge on any atom is -0.352 e. The third-order valence-corrected chi connectivity index (χ3v) is 6.22. The van der Waals surface area contributed by atoms with Crippen LogP contribution in [-0.4, -0.2) is 34.6 Å².